The second kappa shape index (κ2) is 8.59. The molecule has 122 valence electrons. The van der Waals surface area contributed by atoms with Crippen LogP contribution >= 0.6 is 0 Å². The van der Waals surface area contributed by atoms with E-state index in [2.05, 4.69) is 12.2 Å². The Labute approximate surface area is 128 Å². The normalized spacial score (nSPS) is 25.0. The summed E-state index contributed by atoms with van der Waals surface area (Å²) in [4.78, 5) is 14.0. The van der Waals surface area contributed by atoms with Crippen LogP contribution in [0.4, 0.5) is 4.79 Å². The Kier molecular flexibility index (Phi) is 6.77. The van der Waals surface area contributed by atoms with Gasteiger partial charge in [0, 0.05) is 26.2 Å². The van der Waals surface area contributed by atoms with Crippen molar-refractivity contribution in [1.82, 2.24) is 10.2 Å². The molecule has 1 aliphatic carbocycles. The van der Waals surface area contributed by atoms with Crippen LogP contribution in [0.5, 0.6) is 0 Å². The Morgan fingerprint density at radius 2 is 2.19 bits per heavy atom. The summed E-state index contributed by atoms with van der Waals surface area (Å²) >= 11 is 0. The zero-order valence-electron chi connectivity index (χ0n) is 13.5. The lowest BCUT2D eigenvalue weighted by molar-refractivity contribution is -0.00437. The molecule has 2 amide bonds. The number of ether oxygens (including phenoxy) is 2. The van der Waals surface area contributed by atoms with Gasteiger partial charge in [-0.05, 0) is 39.0 Å². The second-order valence-electron chi connectivity index (χ2n) is 6.19. The number of urea groups is 1. The third kappa shape index (κ3) is 5.15. The Balaban J connectivity index is 1.69. The number of hydrogen-bond acceptors (Lipinski definition) is 3. The third-order valence-electron chi connectivity index (χ3n) is 4.54. The predicted octanol–water partition coefficient (Wildman–Crippen LogP) is 2.40. The number of amides is 2. The van der Waals surface area contributed by atoms with Gasteiger partial charge in [-0.15, -0.1) is 0 Å². The summed E-state index contributed by atoms with van der Waals surface area (Å²) < 4.78 is 11.3. The lowest BCUT2D eigenvalue weighted by Crippen LogP contribution is -2.49. The van der Waals surface area contributed by atoms with Crippen LogP contribution in [-0.2, 0) is 9.47 Å². The van der Waals surface area contributed by atoms with Gasteiger partial charge in [-0.2, -0.15) is 0 Å². The van der Waals surface area contributed by atoms with Crippen molar-refractivity contribution < 1.29 is 14.3 Å². The molecule has 0 radical (unpaired) electrons. The average molecular weight is 298 g/mol. The third-order valence-corrected chi connectivity index (χ3v) is 4.54. The smallest absolute Gasteiger partial charge is 0.317 e. The fraction of sp³-hybridized carbons (Fsp3) is 0.938. The summed E-state index contributed by atoms with van der Waals surface area (Å²) in [6.45, 7) is 7.53. The van der Waals surface area contributed by atoms with Crippen molar-refractivity contribution in [2.45, 2.75) is 58.2 Å². The molecule has 0 bridgehead atoms. The van der Waals surface area contributed by atoms with Gasteiger partial charge in [0.2, 0.25) is 0 Å². The molecule has 1 saturated heterocycles. The number of hydrogen-bond donors (Lipinski definition) is 1. The van der Waals surface area contributed by atoms with E-state index in [0.717, 1.165) is 13.0 Å². The highest BCUT2D eigenvalue weighted by atomic mass is 16.5. The minimum absolute atomic E-state index is 0.0341. The number of morpholine rings is 1. The van der Waals surface area contributed by atoms with Crippen LogP contribution in [0.25, 0.3) is 0 Å². The lowest BCUT2D eigenvalue weighted by Gasteiger charge is -2.31. The summed E-state index contributed by atoms with van der Waals surface area (Å²) in [5, 5.41) is 3.04. The van der Waals surface area contributed by atoms with Crippen LogP contribution in [0.2, 0.25) is 0 Å². The van der Waals surface area contributed by atoms with Gasteiger partial charge >= 0.3 is 6.03 Å². The molecule has 1 N–H and O–H groups in total. The molecule has 1 saturated carbocycles. The SMILES string of the molecule is CCO[C@@H](CCNC(=O)N1CCO[C@H](C)C1)C1CCCC1. The van der Waals surface area contributed by atoms with Crippen molar-refractivity contribution in [2.75, 3.05) is 32.8 Å². The Hall–Kier alpha value is -0.810. The molecule has 2 aliphatic rings. The quantitative estimate of drug-likeness (QED) is 0.819. The molecule has 0 aromatic carbocycles. The largest absolute Gasteiger partial charge is 0.378 e. The predicted molar refractivity (Wildman–Crippen MR) is 82.4 cm³/mol. The van der Waals surface area contributed by atoms with E-state index in [1.165, 1.54) is 25.7 Å². The maximum absolute atomic E-state index is 12.1. The zero-order chi connectivity index (χ0) is 15.1. The van der Waals surface area contributed by atoms with Crippen LogP contribution in [0.3, 0.4) is 0 Å². The summed E-state index contributed by atoms with van der Waals surface area (Å²) in [5.41, 5.74) is 0. The fourth-order valence-electron chi connectivity index (χ4n) is 3.43. The van der Waals surface area contributed by atoms with Crippen LogP contribution in [0.1, 0.15) is 46.0 Å². The topological polar surface area (TPSA) is 50.8 Å². The second-order valence-corrected chi connectivity index (χ2v) is 6.19. The maximum Gasteiger partial charge on any atom is 0.317 e. The summed E-state index contributed by atoms with van der Waals surface area (Å²) in [7, 11) is 0. The Bertz CT molecular complexity index is 319. The molecular weight excluding hydrogens is 268 g/mol. The van der Waals surface area contributed by atoms with E-state index < -0.39 is 0 Å². The van der Waals surface area contributed by atoms with E-state index in [9.17, 15) is 4.79 Å². The van der Waals surface area contributed by atoms with Crippen LogP contribution < -0.4 is 5.32 Å². The number of nitrogens with zero attached hydrogens (tertiary/aromatic N) is 1. The molecule has 5 heteroatoms. The van der Waals surface area contributed by atoms with E-state index >= 15 is 0 Å². The van der Waals surface area contributed by atoms with E-state index in [0.29, 0.717) is 38.3 Å². The molecule has 0 aromatic rings. The minimum atomic E-state index is 0.0341. The number of nitrogens with one attached hydrogen (secondary N) is 1. The molecule has 21 heavy (non-hydrogen) atoms. The molecule has 2 atom stereocenters. The Morgan fingerprint density at radius 1 is 1.43 bits per heavy atom. The van der Waals surface area contributed by atoms with Crippen LogP contribution in [-0.4, -0.2) is 56.0 Å². The number of rotatable bonds is 6. The van der Waals surface area contributed by atoms with Gasteiger partial charge < -0.3 is 19.7 Å². The monoisotopic (exact) mass is 298 g/mol. The van der Waals surface area contributed by atoms with Gasteiger partial charge in [-0.3, -0.25) is 0 Å². The molecule has 2 rings (SSSR count). The molecule has 2 fully saturated rings. The highest BCUT2D eigenvalue weighted by Gasteiger charge is 2.26. The molecule has 1 aliphatic heterocycles. The van der Waals surface area contributed by atoms with Gasteiger partial charge in [0.15, 0.2) is 0 Å². The lowest BCUT2D eigenvalue weighted by atomic mass is 9.98. The van der Waals surface area contributed by atoms with Crippen molar-refractivity contribution in [3.63, 3.8) is 0 Å². The van der Waals surface area contributed by atoms with Crippen molar-refractivity contribution in [1.29, 1.82) is 0 Å². The highest BCUT2D eigenvalue weighted by molar-refractivity contribution is 5.74. The standard InChI is InChI=1S/C16H30N2O3/c1-3-20-15(14-6-4-5-7-14)8-9-17-16(19)18-10-11-21-13(2)12-18/h13-15H,3-12H2,1-2H3,(H,17,19)/t13-,15+/m1/s1. The van der Waals surface area contributed by atoms with Gasteiger partial charge in [0.25, 0.3) is 0 Å². The fourth-order valence-corrected chi connectivity index (χ4v) is 3.43. The summed E-state index contributed by atoms with van der Waals surface area (Å²) in [6.07, 6.45) is 6.57. The van der Waals surface area contributed by atoms with E-state index in [1.54, 1.807) is 0 Å². The maximum atomic E-state index is 12.1. The average Bonchev–Trinajstić information content (AvgIpc) is 3.00. The number of carbonyl (C=O) groups excluding carboxylic acids is 1. The van der Waals surface area contributed by atoms with Crippen LogP contribution in [0.15, 0.2) is 0 Å². The first-order chi connectivity index (χ1) is 10.2. The van der Waals surface area contributed by atoms with E-state index in [4.69, 9.17) is 9.47 Å². The van der Waals surface area contributed by atoms with Gasteiger partial charge in [0.05, 0.1) is 18.8 Å². The Morgan fingerprint density at radius 3 is 2.86 bits per heavy atom. The zero-order valence-corrected chi connectivity index (χ0v) is 13.5. The van der Waals surface area contributed by atoms with Gasteiger partial charge in [-0.25, -0.2) is 4.79 Å². The molecule has 0 aromatic heterocycles. The highest BCUT2D eigenvalue weighted by Crippen LogP contribution is 2.30. The van der Waals surface area contributed by atoms with Gasteiger partial charge in [-0.1, -0.05) is 12.8 Å². The molecule has 0 unspecified atom stereocenters. The van der Waals surface area contributed by atoms with Crippen molar-refractivity contribution in [3.05, 3.63) is 0 Å². The molecule has 5 nitrogen and oxygen atoms in total. The minimum Gasteiger partial charge on any atom is -0.378 e. The van der Waals surface area contributed by atoms with Crippen molar-refractivity contribution in [3.8, 4) is 0 Å². The first-order valence-corrected chi connectivity index (χ1v) is 8.46. The van der Waals surface area contributed by atoms with Crippen LogP contribution in [0, 0.1) is 5.92 Å². The van der Waals surface area contributed by atoms with E-state index in [-0.39, 0.29) is 12.1 Å². The van der Waals surface area contributed by atoms with E-state index in [1.807, 2.05) is 11.8 Å². The summed E-state index contributed by atoms with van der Waals surface area (Å²) in [6, 6.07) is 0.0341. The molecule has 1 heterocycles. The first kappa shape index (κ1) is 16.6. The van der Waals surface area contributed by atoms with Crippen molar-refractivity contribution in [2.24, 2.45) is 5.92 Å². The number of carbonyl (C=O) groups is 1. The molecular formula is C16H30N2O3. The van der Waals surface area contributed by atoms with Crippen molar-refractivity contribution >= 4 is 6.03 Å². The molecule has 0 spiro atoms. The first-order valence-electron chi connectivity index (χ1n) is 8.46. The van der Waals surface area contributed by atoms with Gasteiger partial charge in [0.1, 0.15) is 0 Å². The summed E-state index contributed by atoms with van der Waals surface area (Å²) in [5.74, 6) is 0.685.